The van der Waals surface area contributed by atoms with Crippen molar-refractivity contribution in [1.82, 2.24) is 15.1 Å². The van der Waals surface area contributed by atoms with E-state index in [-0.39, 0.29) is 24.3 Å². The molecule has 0 saturated carbocycles. The standard InChI is InChI=1S/C17H15ClN4O4S3/c1-22-15(24)12(28-17(22)27)6-9-3-4-10(11(5-9)25-2)26-8-13(23)19-16-21-20-14(7-18)29-16/h3-6H,7-8H2,1-2H3,(H,19,21,23)/b12-6-. The Labute approximate surface area is 185 Å². The smallest absolute Gasteiger partial charge is 0.265 e. The van der Waals surface area contributed by atoms with Gasteiger partial charge in [0, 0.05) is 7.05 Å². The number of thiocarbonyl (C=S) groups is 1. The van der Waals surface area contributed by atoms with Crippen molar-refractivity contribution in [2.24, 2.45) is 0 Å². The molecule has 8 nitrogen and oxygen atoms in total. The fourth-order valence-corrected chi connectivity index (χ4v) is 4.25. The number of benzene rings is 1. The topological polar surface area (TPSA) is 93.6 Å². The van der Waals surface area contributed by atoms with Gasteiger partial charge < -0.3 is 9.47 Å². The first-order chi connectivity index (χ1) is 13.9. The van der Waals surface area contributed by atoms with E-state index in [0.29, 0.717) is 30.9 Å². The second-order valence-corrected chi connectivity index (χ2v) is 8.63. The van der Waals surface area contributed by atoms with E-state index in [0.717, 1.165) is 5.56 Å². The van der Waals surface area contributed by atoms with E-state index < -0.39 is 0 Å². The Morgan fingerprint density at radius 2 is 2.17 bits per heavy atom. The lowest BCUT2D eigenvalue weighted by Crippen LogP contribution is -2.22. The van der Waals surface area contributed by atoms with Crippen molar-refractivity contribution in [2.45, 2.75) is 5.88 Å². The molecule has 2 amide bonds. The van der Waals surface area contributed by atoms with E-state index in [1.54, 1.807) is 31.3 Å². The molecule has 0 spiro atoms. The Bertz CT molecular complexity index is 995. The van der Waals surface area contributed by atoms with Crippen LogP contribution in [-0.2, 0) is 15.5 Å². The lowest BCUT2D eigenvalue weighted by Gasteiger charge is -2.11. The van der Waals surface area contributed by atoms with Crippen molar-refractivity contribution in [2.75, 3.05) is 26.1 Å². The SMILES string of the molecule is COc1cc(/C=C2\SC(=S)N(C)C2=O)ccc1OCC(=O)Nc1nnc(CCl)s1. The van der Waals surface area contributed by atoms with Crippen molar-refractivity contribution >= 4 is 74.3 Å². The molecule has 0 radical (unpaired) electrons. The molecule has 2 aromatic rings. The fourth-order valence-electron chi connectivity index (χ4n) is 2.25. The summed E-state index contributed by atoms with van der Waals surface area (Å²) in [5, 5.41) is 11.2. The third-order valence-corrected chi connectivity index (χ3v) is 6.39. The predicted molar refractivity (Wildman–Crippen MR) is 118 cm³/mol. The molecule has 0 atom stereocenters. The van der Waals surface area contributed by atoms with E-state index in [1.165, 1.54) is 35.1 Å². The van der Waals surface area contributed by atoms with Crippen LogP contribution in [0.2, 0.25) is 0 Å². The molecular weight excluding hydrogens is 456 g/mol. The van der Waals surface area contributed by atoms with Crippen molar-refractivity contribution in [1.29, 1.82) is 0 Å². The Balaban J connectivity index is 1.65. The largest absolute Gasteiger partial charge is 0.493 e. The van der Waals surface area contributed by atoms with Gasteiger partial charge in [-0.05, 0) is 23.8 Å². The number of anilines is 1. The van der Waals surface area contributed by atoms with Crippen LogP contribution < -0.4 is 14.8 Å². The first-order valence-electron chi connectivity index (χ1n) is 8.12. The fraction of sp³-hybridized carbons (Fsp3) is 0.235. The lowest BCUT2D eigenvalue weighted by molar-refractivity contribution is -0.121. The maximum atomic E-state index is 12.1. The van der Waals surface area contributed by atoms with Gasteiger partial charge in [-0.3, -0.25) is 19.8 Å². The highest BCUT2D eigenvalue weighted by Gasteiger charge is 2.28. The van der Waals surface area contributed by atoms with Crippen LogP contribution in [0.25, 0.3) is 6.08 Å². The molecule has 0 unspecified atom stereocenters. The maximum Gasteiger partial charge on any atom is 0.265 e. The summed E-state index contributed by atoms with van der Waals surface area (Å²) in [7, 11) is 3.13. The van der Waals surface area contributed by atoms with Gasteiger partial charge in [0.25, 0.3) is 11.8 Å². The summed E-state index contributed by atoms with van der Waals surface area (Å²) in [6, 6.07) is 5.14. The highest BCUT2D eigenvalue weighted by Crippen LogP contribution is 2.34. The number of nitrogens with one attached hydrogen (secondary N) is 1. The van der Waals surface area contributed by atoms with Crippen LogP contribution in [0.3, 0.4) is 0 Å². The first kappa shape index (κ1) is 21.5. The average molecular weight is 471 g/mol. The van der Waals surface area contributed by atoms with Crippen molar-refractivity contribution in [3.63, 3.8) is 0 Å². The molecule has 1 N–H and O–H groups in total. The summed E-state index contributed by atoms with van der Waals surface area (Å²) in [6.07, 6.45) is 1.73. The number of hydrogen-bond acceptors (Lipinski definition) is 9. The van der Waals surface area contributed by atoms with Crippen molar-refractivity contribution in [3.05, 3.63) is 33.7 Å². The number of hydrogen-bond donors (Lipinski definition) is 1. The van der Waals surface area contributed by atoms with Gasteiger partial charge in [-0.15, -0.1) is 21.8 Å². The molecule has 2 heterocycles. The molecule has 29 heavy (non-hydrogen) atoms. The molecule has 3 rings (SSSR count). The van der Waals surface area contributed by atoms with Crippen LogP contribution in [0.15, 0.2) is 23.1 Å². The zero-order valence-electron chi connectivity index (χ0n) is 15.3. The summed E-state index contributed by atoms with van der Waals surface area (Å²) in [6.45, 7) is -0.236. The highest BCUT2D eigenvalue weighted by atomic mass is 35.5. The Kier molecular flexibility index (Phi) is 7.06. The van der Waals surface area contributed by atoms with E-state index in [4.69, 9.17) is 33.3 Å². The third kappa shape index (κ3) is 5.24. The van der Waals surface area contributed by atoms with Crippen LogP contribution >= 0.6 is 46.9 Å². The molecule has 12 heteroatoms. The minimum atomic E-state index is -0.389. The Hall–Kier alpha value is -2.21. The number of nitrogens with zero attached hydrogens (tertiary/aromatic N) is 3. The van der Waals surface area contributed by atoms with Gasteiger partial charge in [0.05, 0.1) is 17.9 Å². The molecule has 1 saturated heterocycles. The molecule has 152 valence electrons. The third-order valence-electron chi connectivity index (χ3n) is 3.66. The molecule has 1 aromatic heterocycles. The second kappa shape index (κ2) is 9.53. The molecule has 1 aliphatic heterocycles. The number of likely N-dealkylation sites (N-methyl/N-ethyl adjacent to an activating group) is 1. The quantitative estimate of drug-likeness (QED) is 0.374. The van der Waals surface area contributed by atoms with Gasteiger partial charge in [0.15, 0.2) is 18.1 Å². The number of ether oxygens (including phenoxy) is 2. The van der Waals surface area contributed by atoms with Crippen LogP contribution in [-0.4, -0.2) is 52.0 Å². The van der Waals surface area contributed by atoms with E-state index in [9.17, 15) is 9.59 Å². The van der Waals surface area contributed by atoms with Gasteiger partial charge in [-0.25, -0.2) is 0 Å². The summed E-state index contributed by atoms with van der Waals surface area (Å²) in [5.74, 6) is 0.515. The highest BCUT2D eigenvalue weighted by molar-refractivity contribution is 8.26. The lowest BCUT2D eigenvalue weighted by atomic mass is 10.2. The average Bonchev–Trinajstić information content (AvgIpc) is 3.26. The minimum absolute atomic E-state index is 0.148. The number of aromatic nitrogens is 2. The number of rotatable bonds is 7. The van der Waals surface area contributed by atoms with Gasteiger partial charge in [-0.1, -0.05) is 41.4 Å². The number of amides is 2. The number of thioether (sulfide) groups is 1. The van der Waals surface area contributed by atoms with Crippen molar-refractivity contribution < 1.29 is 19.1 Å². The van der Waals surface area contributed by atoms with Crippen LogP contribution in [0.4, 0.5) is 5.13 Å². The van der Waals surface area contributed by atoms with Gasteiger partial charge in [0.2, 0.25) is 5.13 Å². The number of carbonyl (C=O) groups is 2. The number of methoxy groups -OCH3 is 1. The van der Waals surface area contributed by atoms with Crippen LogP contribution in [0.5, 0.6) is 11.5 Å². The van der Waals surface area contributed by atoms with Crippen LogP contribution in [0, 0.1) is 0 Å². The summed E-state index contributed by atoms with van der Waals surface area (Å²) in [4.78, 5) is 26.1. The van der Waals surface area contributed by atoms with Gasteiger partial charge >= 0.3 is 0 Å². The second-order valence-electron chi connectivity index (χ2n) is 5.62. The minimum Gasteiger partial charge on any atom is -0.493 e. The number of halogens is 1. The molecule has 0 aliphatic carbocycles. The maximum absolute atomic E-state index is 12.1. The van der Waals surface area contributed by atoms with Crippen LogP contribution in [0.1, 0.15) is 10.6 Å². The number of alkyl halides is 1. The normalized spacial score (nSPS) is 15.1. The molecule has 1 fully saturated rings. The monoisotopic (exact) mass is 470 g/mol. The van der Waals surface area contributed by atoms with Gasteiger partial charge in [-0.2, -0.15) is 0 Å². The van der Waals surface area contributed by atoms with Crippen molar-refractivity contribution in [3.8, 4) is 11.5 Å². The zero-order valence-corrected chi connectivity index (χ0v) is 18.5. The summed E-state index contributed by atoms with van der Waals surface area (Å²) >= 11 is 13.2. The molecule has 1 aliphatic rings. The summed E-state index contributed by atoms with van der Waals surface area (Å²) in [5.41, 5.74) is 0.745. The van der Waals surface area contributed by atoms with E-state index in [2.05, 4.69) is 15.5 Å². The number of carbonyl (C=O) groups excluding carboxylic acids is 2. The molecule has 1 aromatic carbocycles. The van der Waals surface area contributed by atoms with E-state index >= 15 is 0 Å². The molecular formula is C17H15ClN4O4S3. The summed E-state index contributed by atoms with van der Waals surface area (Å²) < 4.78 is 11.4. The molecule has 0 bridgehead atoms. The first-order valence-corrected chi connectivity index (χ1v) is 10.7. The predicted octanol–water partition coefficient (Wildman–Crippen LogP) is 3.13. The Morgan fingerprint density at radius 3 is 2.79 bits per heavy atom. The van der Waals surface area contributed by atoms with E-state index in [1.807, 2.05) is 0 Å². The zero-order chi connectivity index (χ0) is 21.0. The van der Waals surface area contributed by atoms with Gasteiger partial charge in [0.1, 0.15) is 9.33 Å². The Morgan fingerprint density at radius 1 is 1.38 bits per heavy atom.